The highest BCUT2D eigenvalue weighted by Gasteiger charge is 2.39. The number of hydrogen-bond donors (Lipinski definition) is 3. The SMILES string of the molecule is CC1CCC(C(=O)NC2(C(N)=NO)CCCCCCC2)O1. The Balaban J connectivity index is 2.09. The van der Waals surface area contributed by atoms with Crippen molar-refractivity contribution in [3.63, 3.8) is 0 Å². The van der Waals surface area contributed by atoms with Gasteiger partial charge in [-0.1, -0.05) is 37.3 Å². The van der Waals surface area contributed by atoms with Crippen molar-refractivity contribution in [3.05, 3.63) is 0 Å². The molecule has 1 aliphatic carbocycles. The van der Waals surface area contributed by atoms with Crippen molar-refractivity contribution >= 4 is 11.7 Å². The number of ether oxygens (including phenoxy) is 1. The number of carbonyl (C=O) groups is 1. The molecule has 120 valence electrons. The van der Waals surface area contributed by atoms with Crippen molar-refractivity contribution in [1.29, 1.82) is 0 Å². The van der Waals surface area contributed by atoms with Gasteiger partial charge in [0.15, 0.2) is 5.84 Å². The predicted octanol–water partition coefficient (Wildman–Crippen LogP) is 1.90. The van der Waals surface area contributed by atoms with Gasteiger partial charge in [0.25, 0.3) is 0 Å². The summed E-state index contributed by atoms with van der Waals surface area (Å²) in [6, 6.07) is 0. The van der Waals surface area contributed by atoms with Crippen molar-refractivity contribution < 1.29 is 14.7 Å². The van der Waals surface area contributed by atoms with Crippen molar-refractivity contribution in [1.82, 2.24) is 5.32 Å². The fraction of sp³-hybridized carbons (Fsp3) is 0.867. The Morgan fingerprint density at radius 2 is 1.86 bits per heavy atom. The Morgan fingerprint density at radius 1 is 1.24 bits per heavy atom. The van der Waals surface area contributed by atoms with Crippen LogP contribution in [0.2, 0.25) is 0 Å². The summed E-state index contributed by atoms with van der Waals surface area (Å²) in [7, 11) is 0. The van der Waals surface area contributed by atoms with Crippen LogP contribution in [-0.2, 0) is 9.53 Å². The molecule has 1 aliphatic heterocycles. The lowest BCUT2D eigenvalue weighted by Crippen LogP contribution is -2.59. The number of amidine groups is 1. The van der Waals surface area contributed by atoms with Crippen molar-refractivity contribution in [2.24, 2.45) is 10.9 Å². The van der Waals surface area contributed by atoms with Crippen LogP contribution in [0.3, 0.4) is 0 Å². The monoisotopic (exact) mass is 297 g/mol. The first-order valence-electron chi connectivity index (χ1n) is 8.03. The summed E-state index contributed by atoms with van der Waals surface area (Å²) in [5.41, 5.74) is 5.20. The normalized spacial score (nSPS) is 30.4. The third kappa shape index (κ3) is 3.87. The maximum Gasteiger partial charge on any atom is 0.249 e. The van der Waals surface area contributed by atoms with E-state index in [0.29, 0.717) is 0 Å². The largest absolute Gasteiger partial charge is 0.409 e. The Morgan fingerprint density at radius 3 is 2.38 bits per heavy atom. The summed E-state index contributed by atoms with van der Waals surface area (Å²) in [6.45, 7) is 1.97. The van der Waals surface area contributed by atoms with E-state index in [0.717, 1.165) is 51.4 Å². The van der Waals surface area contributed by atoms with Crippen molar-refractivity contribution in [3.8, 4) is 0 Å². The molecule has 2 unspecified atom stereocenters. The highest BCUT2D eigenvalue weighted by Crippen LogP contribution is 2.28. The zero-order valence-electron chi connectivity index (χ0n) is 12.8. The molecule has 2 rings (SSSR count). The molecule has 2 atom stereocenters. The maximum absolute atomic E-state index is 12.5. The summed E-state index contributed by atoms with van der Waals surface area (Å²) in [6.07, 6.45) is 8.18. The highest BCUT2D eigenvalue weighted by molar-refractivity contribution is 5.95. The lowest BCUT2D eigenvalue weighted by Gasteiger charge is -2.35. The van der Waals surface area contributed by atoms with Gasteiger partial charge in [0.2, 0.25) is 5.91 Å². The molecule has 0 bridgehead atoms. The van der Waals surface area contributed by atoms with Crippen LogP contribution in [0.15, 0.2) is 5.16 Å². The van der Waals surface area contributed by atoms with Gasteiger partial charge in [-0.05, 0) is 32.6 Å². The Bertz CT molecular complexity index is 390. The summed E-state index contributed by atoms with van der Waals surface area (Å²) < 4.78 is 5.62. The third-order valence-electron chi connectivity index (χ3n) is 4.69. The van der Waals surface area contributed by atoms with Crippen LogP contribution in [-0.4, -0.2) is 34.7 Å². The van der Waals surface area contributed by atoms with Gasteiger partial charge in [-0.3, -0.25) is 4.79 Å². The minimum absolute atomic E-state index is 0.115. The number of amides is 1. The van der Waals surface area contributed by atoms with Gasteiger partial charge < -0.3 is 21.0 Å². The molecule has 1 amide bonds. The first-order chi connectivity index (χ1) is 10.1. The molecule has 1 saturated carbocycles. The van der Waals surface area contributed by atoms with Gasteiger partial charge in [0.1, 0.15) is 11.6 Å². The average Bonchev–Trinajstić information content (AvgIpc) is 2.88. The van der Waals surface area contributed by atoms with E-state index in [9.17, 15) is 4.79 Å². The molecule has 4 N–H and O–H groups in total. The molecule has 2 fully saturated rings. The highest BCUT2D eigenvalue weighted by atomic mass is 16.5. The molecular formula is C15H27N3O3. The lowest BCUT2D eigenvalue weighted by molar-refractivity contribution is -0.133. The van der Waals surface area contributed by atoms with E-state index in [1.807, 2.05) is 6.92 Å². The minimum atomic E-state index is -0.721. The molecule has 21 heavy (non-hydrogen) atoms. The van der Waals surface area contributed by atoms with Gasteiger partial charge in [0.05, 0.1) is 6.10 Å². The molecule has 1 saturated heterocycles. The van der Waals surface area contributed by atoms with E-state index in [-0.39, 0.29) is 17.8 Å². The van der Waals surface area contributed by atoms with Crippen LogP contribution in [0.4, 0.5) is 0 Å². The van der Waals surface area contributed by atoms with Crippen molar-refractivity contribution in [2.45, 2.75) is 82.5 Å². The van der Waals surface area contributed by atoms with Crippen molar-refractivity contribution in [2.75, 3.05) is 0 Å². The number of rotatable bonds is 3. The topological polar surface area (TPSA) is 96.9 Å². The summed E-state index contributed by atoms with van der Waals surface area (Å²) in [4.78, 5) is 12.5. The van der Waals surface area contributed by atoms with Crippen LogP contribution in [0.1, 0.15) is 64.7 Å². The Kier molecular flexibility index (Phi) is 5.45. The number of oxime groups is 1. The maximum atomic E-state index is 12.5. The molecule has 0 radical (unpaired) electrons. The van der Waals surface area contributed by atoms with Crippen LogP contribution in [0, 0.1) is 0 Å². The van der Waals surface area contributed by atoms with Crippen LogP contribution >= 0.6 is 0 Å². The molecule has 0 aromatic heterocycles. The van der Waals surface area contributed by atoms with E-state index >= 15 is 0 Å². The average molecular weight is 297 g/mol. The number of hydrogen-bond acceptors (Lipinski definition) is 4. The van der Waals surface area contributed by atoms with E-state index in [1.165, 1.54) is 6.42 Å². The zero-order chi connectivity index (χ0) is 15.3. The summed E-state index contributed by atoms with van der Waals surface area (Å²) >= 11 is 0. The minimum Gasteiger partial charge on any atom is -0.409 e. The molecule has 0 spiro atoms. The molecule has 6 heteroatoms. The predicted molar refractivity (Wildman–Crippen MR) is 80.2 cm³/mol. The fourth-order valence-corrected chi connectivity index (χ4v) is 3.36. The molecular weight excluding hydrogens is 270 g/mol. The summed E-state index contributed by atoms with van der Waals surface area (Å²) in [5, 5.41) is 15.3. The van der Waals surface area contributed by atoms with Crippen LogP contribution in [0.25, 0.3) is 0 Å². The molecule has 0 aromatic rings. The van der Waals surface area contributed by atoms with E-state index in [1.54, 1.807) is 0 Å². The second-order valence-corrected chi connectivity index (χ2v) is 6.34. The quantitative estimate of drug-likeness (QED) is 0.321. The van der Waals surface area contributed by atoms with Gasteiger partial charge in [-0.25, -0.2) is 0 Å². The summed E-state index contributed by atoms with van der Waals surface area (Å²) in [5.74, 6) is -0.0182. The van der Waals surface area contributed by atoms with Crippen LogP contribution < -0.4 is 11.1 Å². The number of nitrogens with two attached hydrogens (primary N) is 1. The standard InChI is InChI=1S/C15H27N3O3/c1-11-7-8-12(21-11)13(19)17-15(14(16)18-20)9-5-3-2-4-6-10-15/h11-12,20H,2-10H2,1H3,(H2,16,18)(H,17,19). The molecule has 1 heterocycles. The fourth-order valence-electron chi connectivity index (χ4n) is 3.36. The lowest BCUT2D eigenvalue weighted by atomic mass is 9.82. The van der Waals surface area contributed by atoms with E-state index < -0.39 is 11.6 Å². The smallest absolute Gasteiger partial charge is 0.249 e. The van der Waals surface area contributed by atoms with Gasteiger partial charge >= 0.3 is 0 Å². The van der Waals surface area contributed by atoms with Crippen LogP contribution in [0.5, 0.6) is 0 Å². The first-order valence-corrected chi connectivity index (χ1v) is 8.03. The van der Waals surface area contributed by atoms with E-state index in [2.05, 4.69) is 10.5 Å². The number of nitrogens with one attached hydrogen (secondary N) is 1. The van der Waals surface area contributed by atoms with Gasteiger partial charge in [0, 0.05) is 0 Å². The van der Waals surface area contributed by atoms with E-state index in [4.69, 9.17) is 15.7 Å². The molecule has 2 aliphatic rings. The molecule has 0 aromatic carbocycles. The van der Waals surface area contributed by atoms with Gasteiger partial charge in [-0.2, -0.15) is 0 Å². The Hall–Kier alpha value is -1.30. The number of nitrogens with zero attached hydrogens (tertiary/aromatic N) is 1. The van der Waals surface area contributed by atoms with Gasteiger partial charge in [-0.15, -0.1) is 0 Å². The molecule has 6 nitrogen and oxygen atoms in total. The Labute approximate surface area is 126 Å². The zero-order valence-corrected chi connectivity index (χ0v) is 12.8. The third-order valence-corrected chi connectivity index (χ3v) is 4.69. The first kappa shape index (κ1) is 16.1. The number of carbonyl (C=O) groups excluding carboxylic acids is 1. The second kappa shape index (κ2) is 7.11. The second-order valence-electron chi connectivity index (χ2n) is 6.34.